The lowest BCUT2D eigenvalue weighted by Gasteiger charge is -2.29. The highest BCUT2D eigenvalue weighted by Gasteiger charge is 2.39. The molecule has 1 aliphatic rings. The maximum absolute atomic E-state index is 12.7. The van der Waals surface area contributed by atoms with Gasteiger partial charge in [0.25, 0.3) is 5.91 Å². The van der Waals surface area contributed by atoms with E-state index in [9.17, 15) is 9.59 Å². The van der Waals surface area contributed by atoms with Crippen LogP contribution >= 0.6 is 0 Å². The number of benzene rings is 1. The number of carbonyl (C=O) groups excluding carboxylic acids is 2. The largest absolute Gasteiger partial charge is 0.497 e. The first kappa shape index (κ1) is 15.5. The van der Waals surface area contributed by atoms with Crippen LogP contribution in [0.25, 0.3) is 0 Å². The maximum atomic E-state index is 12.7. The average Bonchev–Trinajstić information content (AvgIpc) is 2.67. The second kappa shape index (κ2) is 6.29. The van der Waals surface area contributed by atoms with Crippen LogP contribution in [-0.2, 0) is 4.79 Å². The average molecular weight is 289 g/mol. The van der Waals surface area contributed by atoms with E-state index in [1.165, 1.54) is 4.90 Å². The number of carbonyl (C=O) groups is 2. The van der Waals surface area contributed by atoms with Crippen LogP contribution in [0.15, 0.2) is 24.3 Å². The third kappa shape index (κ3) is 3.09. The summed E-state index contributed by atoms with van der Waals surface area (Å²) in [5, 5.41) is 0. The van der Waals surface area contributed by atoms with Crippen LogP contribution in [0, 0.1) is 5.41 Å². The first-order valence-electron chi connectivity index (χ1n) is 7.52. The van der Waals surface area contributed by atoms with Crippen LogP contribution in [0.2, 0.25) is 0 Å². The Morgan fingerprint density at radius 1 is 1.29 bits per heavy atom. The van der Waals surface area contributed by atoms with E-state index in [1.807, 2.05) is 13.8 Å². The number of rotatable bonds is 3. The number of hydrogen-bond acceptors (Lipinski definition) is 3. The van der Waals surface area contributed by atoms with Crippen LogP contribution in [0.4, 0.5) is 0 Å². The van der Waals surface area contributed by atoms with Gasteiger partial charge < -0.3 is 4.74 Å². The molecule has 0 N–H and O–H groups in total. The van der Waals surface area contributed by atoms with Gasteiger partial charge in [-0.3, -0.25) is 14.5 Å². The zero-order valence-corrected chi connectivity index (χ0v) is 13.0. The van der Waals surface area contributed by atoms with E-state index in [4.69, 9.17) is 4.74 Å². The number of likely N-dealkylation sites (tertiary alicyclic amines) is 1. The van der Waals surface area contributed by atoms with Crippen molar-refractivity contribution in [1.29, 1.82) is 0 Å². The standard InChI is InChI=1S/C17H23NO3/c1-4-17(2)11-5-6-12-18(16(17)20)15(19)13-7-9-14(21-3)10-8-13/h7-10H,4-6,11-12H2,1-3H3/t17-/m1/s1. The van der Waals surface area contributed by atoms with E-state index < -0.39 is 5.41 Å². The van der Waals surface area contributed by atoms with Crippen molar-refractivity contribution >= 4 is 11.8 Å². The number of hydrogen-bond donors (Lipinski definition) is 0. The summed E-state index contributed by atoms with van der Waals surface area (Å²) in [7, 11) is 1.59. The molecule has 114 valence electrons. The summed E-state index contributed by atoms with van der Waals surface area (Å²) in [5.41, 5.74) is 0.114. The lowest BCUT2D eigenvalue weighted by Crippen LogP contribution is -2.44. The van der Waals surface area contributed by atoms with Gasteiger partial charge in [0.15, 0.2) is 0 Å². The van der Waals surface area contributed by atoms with Crippen LogP contribution in [0.3, 0.4) is 0 Å². The van der Waals surface area contributed by atoms with E-state index in [0.717, 1.165) is 25.7 Å². The molecule has 0 radical (unpaired) electrons. The Kier molecular flexibility index (Phi) is 4.66. The molecule has 1 atom stereocenters. The van der Waals surface area contributed by atoms with Crippen LogP contribution in [0.1, 0.15) is 49.9 Å². The third-order valence-corrected chi connectivity index (χ3v) is 4.48. The molecule has 1 aromatic carbocycles. The van der Waals surface area contributed by atoms with Crippen molar-refractivity contribution in [1.82, 2.24) is 4.90 Å². The van der Waals surface area contributed by atoms with Crippen molar-refractivity contribution in [2.75, 3.05) is 13.7 Å². The van der Waals surface area contributed by atoms with Crippen molar-refractivity contribution in [3.63, 3.8) is 0 Å². The van der Waals surface area contributed by atoms with Gasteiger partial charge in [-0.2, -0.15) is 0 Å². The number of imide groups is 1. The van der Waals surface area contributed by atoms with E-state index in [1.54, 1.807) is 31.4 Å². The minimum atomic E-state index is -0.418. The molecule has 0 saturated carbocycles. The minimum Gasteiger partial charge on any atom is -0.497 e. The highest BCUT2D eigenvalue weighted by atomic mass is 16.5. The highest BCUT2D eigenvalue weighted by molar-refractivity contribution is 6.06. The molecule has 2 rings (SSSR count). The molecule has 4 heteroatoms. The van der Waals surface area contributed by atoms with Gasteiger partial charge in [-0.1, -0.05) is 20.3 Å². The van der Waals surface area contributed by atoms with Crippen LogP contribution in [-0.4, -0.2) is 30.4 Å². The lowest BCUT2D eigenvalue weighted by atomic mass is 9.82. The van der Waals surface area contributed by atoms with E-state index in [-0.39, 0.29) is 11.8 Å². The molecule has 1 fully saturated rings. The maximum Gasteiger partial charge on any atom is 0.260 e. The van der Waals surface area contributed by atoms with Crippen molar-refractivity contribution in [2.45, 2.75) is 39.5 Å². The number of amides is 2. The first-order chi connectivity index (χ1) is 10.0. The fourth-order valence-corrected chi connectivity index (χ4v) is 2.73. The van der Waals surface area contributed by atoms with Crippen molar-refractivity contribution in [3.05, 3.63) is 29.8 Å². The van der Waals surface area contributed by atoms with E-state index >= 15 is 0 Å². The number of ether oxygens (including phenoxy) is 1. The summed E-state index contributed by atoms with van der Waals surface area (Å²) in [6.07, 6.45) is 3.48. The third-order valence-electron chi connectivity index (χ3n) is 4.48. The minimum absolute atomic E-state index is 0.0386. The summed E-state index contributed by atoms with van der Waals surface area (Å²) < 4.78 is 5.09. The van der Waals surface area contributed by atoms with Crippen molar-refractivity contribution in [3.8, 4) is 5.75 Å². The van der Waals surface area contributed by atoms with Gasteiger partial charge in [0.2, 0.25) is 5.91 Å². The van der Waals surface area contributed by atoms with Gasteiger partial charge in [-0.25, -0.2) is 0 Å². The van der Waals surface area contributed by atoms with E-state index in [0.29, 0.717) is 17.9 Å². The van der Waals surface area contributed by atoms with Crippen molar-refractivity contribution in [2.24, 2.45) is 5.41 Å². The van der Waals surface area contributed by atoms with Gasteiger partial charge in [0.1, 0.15) is 5.75 Å². The second-order valence-electron chi connectivity index (χ2n) is 5.86. The van der Waals surface area contributed by atoms with Crippen LogP contribution < -0.4 is 4.74 Å². The molecule has 0 spiro atoms. The number of nitrogens with zero attached hydrogens (tertiary/aromatic N) is 1. The smallest absolute Gasteiger partial charge is 0.260 e. The van der Waals surface area contributed by atoms with Crippen molar-refractivity contribution < 1.29 is 14.3 Å². The Morgan fingerprint density at radius 2 is 1.95 bits per heavy atom. The van der Waals surface area contributed by atoms with Gasteiger partial charge in [-0.15, -0.1) is 0 Å². The molecule has 2 amide bonds. The Labute approximate surface area is 126 Å². The van der Waals surface area contributed by atoms with Gasteiger partial charge in [-0.05, 0) is 43.5 Å². The number of methoxy groups -OCH3 is 1. The second-order valence-corrected chi connectivity index (χ2v) is 5.86. The molecule has 1 aliphatic heterocycles. The molecule has 0 bridgehead atoms. The molecular formula is C17H23NO3. The highest BCUT2D eigenvalue weighted by Crippen LogP contribution is 2.34. The molecule has 1 aromatic rings. The molecule has 21 heavy (non-hydrogen) atoms. The zero-order valence-electron chi connectivity index (χ0n) is 13.0. The molecule has 0 unspecified atom stereocenters. The van der Waals surface area contributed by atoms with Gasteiger partial charge in [0, 0.05) is 17.5 Å². The summed E-state index contributed by atoms with van der Waals surface area (Å²) in [4.78, 5) is 26.8. The Balaban J connectivity index is 2.25. The molecule has 1 saturated heterocycles. The molecule has 4 nitrogen and oxygen atoms in total. The Bertz CT molecular complexity index is 523. The quantitative estimate of drug-likeness (QED) is 0.802. The van der Waals surface area contributed by atoms with Crippen LogP contribution in [0.5, 0.6) is 5.75 Å². The topological polar surface area (TPSA) is 46.6 Å². The van der Waals surface area contributed by atoms with E-state index in [2.05, 4.69) is 0 Å². The summed E-state index contributed by atoms with van der Waals surface area (Å²) >= 11 is 0. The normalized spacial score (nSPS) is 22.8. The Morgan fingerprint density at radius 3 is 2.52 bits per heavy atom. The fourth-order valence-electron chi connectivity index (χ4n) is 2.73. The fraction of sp³-hybridized carbons (Fsp3) is 0.529. The van der Waals surface area contributed by atoms with Gasteiger partial charge >= 0.3 is 0 Å². The Hall–Kier alpha value is -1.84. The SMILES string of the molecule is CC[C@]1(C)CCCCN(C(=O)c2ccc(OC)cc2)C1=O. The predicted molar refractivity (Wildman–Crippen MR) is 81.3 cm³/mol. The summed E-state index contributed by atoms with van der Waals surface area (Å²) in [6.45, 7) is 4.49. The first-order valence-corrected chi connectivity index (χ1v) is 7.52. The zero-order chi connectivity index (χ0) is 15.5. The lowest BCUT2D eigenvalue weighted by molar-refractivity contribution is -0.138. The molecule has 0 aliphatic carbocycles. The summed E-state index contributed by atoms with van der Waals surface area (Å²) in [6, 6.07) is 6.91. The summed E-state index contributed by atoms with van der Waals surface area (Å²) in [5.74, 6) is 0.458. The predicted octanol–water partition coefficient (Wildman–Crippen LogP) is 3.26. The van der Waals surface area contributed by atoms with Gasteiger partial charge in [0.05, 0.1) is 7.11 Å². The molecule has 1 heterocycles. The molecule has 0 aromatic heterocycles. The molecular weight excluding hydrogens is 266 g/mol. The monoisotopic (exact) mass is 289 g/mol.